The fraction of sp³-hybridized carbons (Fsp3) is 0.115. The molecule has 0 bridgehead atoms. The molecule has 8 heteroatoms. The number of nitrogen functional groups attached to an aromatic ring is 1. The molecule has 0 atom stereocenters. The summed E-state index contributed by atoms with van der Waals surface area (Å²) in [5, 5.41) is 2.96. The lowest BCUT2D eigenvalue weighted by Crippen LogP contribution is -2.24. The van der Waals surface area contributed by atoms with Gasteiger partial charge >= 0.3 is 0 Å². The summed E-state index contributed by atoms with van der Waals surface area (Å²) < 4.78 is 12.7. The third kappa shape index (κ3) is 3.65. The maximum absolute atomic E-state index is 13.4. The highest BCUT2D eigenvalue weighted by Gasteiger charge is 2.26. The van der Waals surface area contributed by atoms with Gasteiger partial charge in [0, 0.05) is 12.6 Å². The van der Waals surface area contributed by atoms with Gasteiger partial charge in [0.15, 0.2) is 5.65 Å². The van der Waals surface area contributed by atoms with Crippen LogP contribution in [0.3, 0.4) is 0 Å². The molecule has 3 N–H and O–H groups in total. The average Bonchev–Trinajstić information content (AvgIpc) is 3.16. The lowest BCUT2D eigenvalue weighted by atomic mass is 10.2. The van der Waals surface area contributed by atoms with E-state index >= 15 is 0 Å². The van der Waals surface area contributed by atoms with Gasteiger partial charge in [0.1, 0.15) is 28.4 Å². The fourth-order valence-electron chi connectivity index (χ4n) is 3.97. The Labute approximate surface area is 196 Å². The highest BCUT2D eigenvalue weighted by molar-refractivity contribution is 6.11. The van der Waals surface area contributed by atoms with Gasteiger partial charge < -0.3 is 20.5 Å². The van der Waals surface area contributed by atoms with Gasteiger partial charge in [-0.3, -0.25) is 9.36 Å². The second-order valence-corrected chi connectivity index (χ2v) is 7.69. The van der Waals surface area contributed by atoms with E-state index in [1.807, 2.05) is 54.6 Å². The standard InChI is InChI=1S/C26H23N5O3/c1-33-17-12-13-21(34-2)20(14-17)31-24(27)22(26(32)28-15-16-8-4-3-5-9-16)23-25(31)30-19-11-7-6-10-18(19)29-23/h3-14H,15,27H2,1-2H3,(H,28,32). The third-order valence-corrected chi connectivity index (χ3v) is 5.65. The average molecular weight is 454 g/mol. The number of para-hydroxylation sites is 2. The minimum absolute atomic E-state index is 0.211. The van der Waals surface area contributed by atoms with Crippen molar-refractivity contribution in [1.29, 1.82) is 0 Å². The van der Waals surface area contributed by atoms with Crippen molar-refractivity contribution in [2.24, 2.45) is 0 Å². The number of nitrogens with zero attached hydrogens (tertiary/aromatic N) is 3. The second kappa shape index (κ2) is 8.74. The van der Waals surface area contributed by atoms with Crippen LogP contribution in [-0.4, -0.2) is 34.7 Å². The number of rotatable bonds is 6. The molecule has 0 spiro atoms. The van der Waals surface area contributed by atoms with Gasteiger partial charge in [-0.2, -0.15) is 0 Å². The summed E-state index contributed by atoms with van der Waals surface area (Å²) in [7, 11) is 3.15. The van der Waals surface area contributed by atoms with Crippen molar-refractivity contribution >= 4 is 33.9 Å². The third-order valence-electron chi connectivity index (χ3n) is 5.65. The molecule has 0 radical (unpaired) electrons. The van der Waals surface area contributed by atoms with E-state index in [0.29, 0.717) is 45.9 Å². The van der Waals surface area contributed by atoms with Gasteiger partial charge in [-0.05, 0) is 29.8 Å². The highest BCUT2D eigenvalue weighted by atomic mass is 16.5. The number of aromatic nitrogens is 3. The van der Waals surface area contributed by atoms with Crippen molar-refractivity contribution < 1.29 is 14.3 Å². The Morgan fingerprint density at radius 3 is 2.35 bits per heavy atom. The van der Waals surface area contributed by atoms with Crippen LogP contribution >= 0.6 is 0 Å². The zero-order chi connectivity index (χ0) is 23.7. The lowest BCUT2D eigenvalue weighted by Gasteiger charge is -2.14. The van der Waals surface area contributed by atoms with Gasteiger partial charge in [0.2, 0.25) is 0 Å². The summed E-state index contributed by atoms with van der Waals surface area (Å²) in [6, 6.07) is 22.5. The van der Waals surface area contributed by atoms with Crippen molar-refractivity contribution in [3.63, 3.8) is 0 Å². The Bertz CT molecular complexity index is 1510. The van der Waals surface area contributed by atoms with Crippen LogP contribution in [0.1, 0.15) is 15.9 Å². The van der Waals surface area contributed by atoms with Crippen LogP contribution in [0.4, 0.5) is 5.82 Å². The molecule has 0 saturated heterocycles. The summed E-state index contributed by atoms with van der Waals surface area (Å²) in [6.07, 6.45) is 0. The molecule has 1 amide bonds. The van der Waals surface area contributed by atoms with Crippen LogP contribution in [0.15, 0.2) is 72.8 Å². The first-order chi connectivity index (χ1) is 16.6. The zero-order valence-electron chi connectivity index (χ0n) is 18.8. The quantitative estimate of drug-likeness (QED) is 0.401. The van der Waals surface area contributed by atoms with Gasteiger partial charge in [-0.1, -0.05) is 42.5 Å². The SMILES string of the molecule is COc1ccc(OC)c(-n2c(N)c(C(=O)NCc3ccccc3)c3nc4ccccc4nc32)c1. The number of nitrogens with two attached hydrogens (primary N) is 1. The molecule has 0 unspecified atom stereocenters. The Morgan fingerprint density at radius 2 is 1.65 bits per heavy atom. The van der Waals surface area contributed by atoms with E-state index < -0.39 is 0 Å². The van der Waals surface area contributed by atoms with E-state index in [4.69, 9.17) is 25.2 Å². The summed E-state index contributed by atoms with van der Waals surface area (Å²) >= 11 is 0. The molecule has 5 aromatic rings. The summed E-state index contributed by atoms with van der Waals surface area (Å²) in [6.45, 7) is 0.356. The molecule has 170 valence electrons. The topological polar surface area (TPSA) is 104 Å². The van der Waals surface area contributed by atoms with E-state index in [0.717, 1.165) is 5.56 Å². The fourth-order valence-corrected chi connectivity index (χ4v) is 3.97. The second-order valence-electron chi connectivity index (χ2n) is 7.69. The molecule has 2 aromatic heterocycles. The summed E-state index contributed by atoms with van der Waals surface area (Å²) in [5.74, 6) is 1.04. The Kier molecular flexibility index (Phi) is 5.47. The van der Waals surface area contributed by atoms with Crippen molar-refractivity contribution in [2.45, 2.75) is 6.54 Å². The van der Waals surface area contributed by atoms with Crippen molar-refractivity contribution in [3.05, 3.63) is 83.9 Å². The Balaban J connectivity index is 1.72. The number of hydrogen-bond donors (Lipinski definition) is 2. The van der Waals surface area contributed by atoms with Crippen LogP contribution in [0.5, 0.6) is 11.5 Å². The van der Waals surface area contributed by atoms with E-state index in [-0.39, 0.29) is 17.3 Å². The Hall–Kier alpha value is -4.59. The first kappa shape index (κ1) is 21.3. The normalized spacial score (nSPS) is 11.0. The Morgan fingerprint density at radius 1 is 0.941 bits per heavy atom. The summed E-state index contributed by atoms with van der Waals surface area (Å²) in [5.41, 5.74) is 10.7. The number of benzene rings is 3. The number of nitrogens with one attached hydrogen (secondary N) is 1. The van der Waals surface area contributed by atoms with Crippen molar-refractivity contribution in [1.82, 2.24) is 19.9 Å². The van der Waals surface area contributed by atoms with Gasteiger partial charge in [-0.25, -0.2) is 9.97 Å². The molecule has 3 aromatic carbocycles. The molecule has 2 heterocycles. The minimum Gasteiger partial charge on any atom is -0.497 e. The number of carbonyl (C=O) groups excluding carboxylic acids is 1. The van der Waals surface area contributed by atoms with Crippen molar-refractivity contribution in [3.8, 4) is 17.2 Å². The molecule has 0 aliphatic rings. The maximum atomic E-state index is 13.4. The number of anilines is 1. The molecule has 8 nitrogen and oxygen atoms in total. The van der Waals surface area contributed by atoms with Crippen LogP contribution in [-0.2, 0) is 6.54 Å². The molecule has 0 saturated carbocycles. The summed E-state index contributed by atoms with van der Waals surface area (Å²) in [4.78, 5) is 23.0. The monoisotopic (exact) mass is 453 g/mol. The van der Waals surface area contributed by atoms with Crippen LogP contribution in [0.25, 0.3) is 27.9 Å². The number of fused-ring (bicyclic) bond motifs is 2. The van der Waals surface area contributed by atoms with Crippen LogP contribution < -0.4 is 20.5 Å². The number of ether oxygens (including phenoxy) is 2. The molecular weight excluding hydrogens is 430 g/mol. The maximum Gasteiger partial charge on any atom is 0.257 e. The predicted octanol–water partition coefficient (Wildman–Crippen LogP) is 4.10. The minimum atomic E-state index is -0.337. The zero-order valence-corrected chi connectivity index (χ0v) is 18.8. The largest absolute Gasteiger partial charge is 0.497 e. The van der Waals surface area contributed by atoms with E-state index in [2.05, 4.69) is 5.32 Å². The van der Waals surface area contributed by atoms with Crippen LogP contribution in [0, 0.1) is 0 Å². The lowest BCUT2D eigenvalue weighted by molar-refractivity contribution is 0.0953. The predicted molar refractivity (Wildman–Crippen MR) is 131 cm³/mol. The van der Waals surface area contributed by atoms with E-state index in [9.17, 15) is 4.79 Å². The van der Waals surface area contributed by atoms with E-state index in [1.165, 1.54) is 0 Å². The molecule has 34 heavy (non-hydrogen) atoms. The molecule has 5 rings (SSSR count). The number of carbonyl (C=O) groups is 1. The van der Waals surface area contributed by atoms with Gasteiger partial charge in [-0.15, -0.1) is 0 Å². The molecular formula is C26H23N5O3. The first-order valence-electron chi connectivity index (χ1n) is 10.7. The number of hydrogen-bond acceptors (Lipinski definition) is 6. The highest BCUT2D eigenvalue weighted by Crippen LogP contribution is 2.36. The van der Waals surface area contributed by atoms with Crippen molar-refractivity contribution in [2.75, 3.05) is 20.0 Å². The first-order valence-corrected chi connectivity index (χ1v) is 10.7. The molecule has 0 aliphatic carbocycles. The van der Waals surface area contributed by atoms with Crippen LogP contribution in [0.2, 0.25) is 0 Å². The number of methoxy groups -OCH3 is 2. The van der Waals surface area contributed by atoms with E-state index in [1.54, 1.807) is 37.0 Å². The number of amides is 1. The van der Waals surface area contributed by atoms with Gasteiger partial charge in [0.25, 0.3) is 5.91 Å². The van der Waals surface area contributed by atoms with Gasteiger partial charge in [0.05, 0.1) is 30.9 Å². The molecule has 0 aliphatic heterocycles. The molecule has 0 fully saturated rings. The smallest absolute Gasteiger partial charge is 0.257 e.